The van der Waals surface area contributed by atoms with E-state index >= 15 is 0 Å². The topological polar surface area (TPSA) is 47.6 Å². The molecule has 0 saturated heterocycles. The van der Waals surface area contributed by atoms with Crippen LogP contribution in [0.5, 0.6) is 11.5 Å². The molecule has 0 bridgehead atoms. The predicted molar refractivity (Wildman–Crippen MR) is 96.9 cm³/mol. The van der Waals surface area contributed by atoms with Gasteiger partial charge in [-0.1, -0.05) is 31.7 Å². The summed E-state index contributed by atoms with van der Waals surface area (Å²) >= 11 is 0. The van der Waals surface area contributed by atoms with Crippen molar-refractivity contribution in [3.8, 4) is 11.5 Å². The molecule has 1 amide bonds. The van der Waals surface area contributed by atoms with Gasteiger partial charge in [-0.05, 0) is 43.2 Å². The summed E-state index contributed by atoms with van der Waals surface area (Å²) in [7, 11) is 0. The van der Waals surface area contributed by atoms with Crippen molar-refractivity contribution in [1.82, 2.24) is 0 Å². The summed E-state index contributed by atoms with van der Waals surface area (Å²) in [5, 5.41) is 2.88. The minimum atomic E-state index is -0.209. The van der Waals surface area contributed by atoms with Crippen molar-refractivity contribution in [3.05, 3.63) is 66.2 Å². The van der Waals surface area contributed by atoms with Crippen molar-refractivity contribution >= 4 is 11.6 Å². The van der Waals surface area contributed by atoms with Crippen LogP contribution in [0.2, 0.25) is 0 Å². The molecule has 0 aliphatic rings. The van der Waals surface area contributed by atoms with E-state index in [0.29, 0.717) is 36.0 Å². The fraction of sp³-hybridized carbons (Fsp3) is 0.250. The molecule has 0 atom stereocenters. The molecule has 0 aromatic heterocycles. The molecule has 2 aromatic carbocycles. The maximum Gasteiger partial charge on any atom is 0.259 e. The molecule has 126 valence electrons. The summed E-state index contributed by atoms with van der Waals surface area (Å²) in [6.45, 7) is 8.76. The summed E-state index contributed by atoms with van der Waals surface area (Å²) in [5.74, 6) is 1.07. The number of anilines is 1. The summed E-state index contributed by atoms with van der Waals surface area (Å²) in [4.78, 5) is 12.5. The predicted octanol–water partition coefficient (Wildman–Crippen LogP) is 4.68. The Hall–Kier alpha value is -2.75. The first-order valence-electron chi connectivity index (χ1n) is 8.00. The van der Waals surface area contributed by atoms with Crippen molar-refractivity contribution < 1.29 is 14.3 Å². The lowest BCUT2D eigenvalue weighted by molar-refractivity contribution is 0.102. The minimum absolute atomic E-state index is 0.209. The van der Waals surface area contributed by atoms with Crippen LogP contribution in [0.15, 0.2) is 60.7 Å². The lowest BCUT2D eigenvalue weighted by Gasteiger charge is -2.12. The van der Waals surface area contributed by atoms with Crippen molar-refractivity contribution in [3.63, 3.8) is 0 Å². The van der Waals surface area contributed by atoms with Crippen LogP contribution >= 0.6 is 0 Å². The Bertz CT molecular complexity index is 710. The number of amides is 1. The van der Waals surface area contributed by atoms with Crippen molar-refractivity contribution in [1.29, 1.82) is 0 Å². The second kappa shape index (κ2) is 8.77. The molecular formula is C20H23NO3. The Morgan fingerprint density at radius 1 is 1.12 bits per heavy atom. The molecule has 0 saturated carbocycles. The summed E-state index contributed by atoms with van der Waals surface area (Å²) in [5.41, 5.74) is 2.12. The third-order valence-corrected chi connectivity index (χ3v) is 3.17. The zero-order valence-electron chi connectivity index (χ0n) is 14.2. The van der Waals surface area contributed by atoms with Gasteiger partial charge < -0.3 is 14.8 Å². The van der Waals surface area contributed by atoms with E-state index in [9.17, 15) is 4.79 Å². The molecule has 24 heavy (non-hydrogen) atoms. The Labute approximate surface area is 143 Å². The van der Waals surface area contributed by atoms with Crippen molar-refractivity contribution in [2.75, 3.05) is 18.5 Å². The van der Waals surface area contributed by atoms with Gasteiger partial charge in [-0.2, -0.15) is 0 Å². The number of hydrogen-bond acceptors (Lipinski definition) is 3. The van der Waals surface area contributed by atoms with Crippen LogP contribution < -0.4 is 14.8 Å². The first-order chi connectivity index (χ1) is 11.6. The second-order valence-corrected chi connectivity index (χ2v) is 5.57. The Morgan fingerprint density at radius 2 is 1.92 bits per heavy atom. The largest absolute Gasteiger partial charge is 0.493 e. The van der Waals surface area contributed by atoms with E-state index in [1.54, 1.807) is 18.2 Å². The second-order valence-electron chi connectivity index (χ2n) is 5.57. The SMILES string of the molecule is C=C(C)COc1cccc(NC(=O)c2ccccc2OCCC)c1. The Morgan fingerprint density at radius 3 is 2.67 bits per heavy atom. The normalized spacial score (nSPS) is 10.1. The maximum atomic E-state index is 12.5. The molecule has 1 N–H and O–H groups in total. The van der Waals surface area contributed by atoms with Gasteiger partial charge in [-0.15, -0.1) is 0 Å². The Balaban J connectivity index is 2.09. The molecule has 4 heteroatoms. The number of carbonyl (C=O) groups excluding carboxylic acids is 1. The quantitative estimate of drug-likeness (QED) is 0.717. The number of para-hydroxylation sites is 1. The van der Waals surface area contributed by atoms with Gasteiger partial charge in [0.2, 0.25) is 0 Å². The first kappa shape index (κ1) is 17.6. The van der Waals surface area contributed by atoms with E-state index in [4.69, 9.17) is 9.47 Å². The van der Waals surface area contributed by atoms with Gasteiger partial charge in [-0.25, -0.2) is 0 Å². The third kappa shape index (κ3) is 5.16. The lowest BCUT2D eigenvalue weighted by Crippen LogP contribution is -2.14. The van der Waals surface area contributed by atoms with E-state index in [2.05, 4.69) is 11.9 Å². The zero-order valence-corrected chi connectivity index (χ0v) is 14.2. The van der Waals surface area contributed by atoms with Crippen LogP contribution in [-0.4, -0.2) is 19.1 Å². The average molecular weight is 325 g/mol. The van der Waals surface area contributed by atoms with Crippen LogP contribution in [0.3, 0.4) is 0 Å². The standard InChI is InChI=1S/C20H23NO3/c1-4-12-23-19-11-6-5-10-18(19)20(22)21-16-8-7-9-17(13-16)24-14-15(2)3/h5-11,13H,2,4,12,14H2,1,3H3,(H,21,22). The van der Waals surface area contributed by atoms with Crippen LogP contribution in [0.1, 0.15) is 30.6 Å². The summed E-state index contributed by atoms with van der Waals surface area (Å²) in [6, 6.07) is 14.5. The van der Waals surface area contributed by atoms with E-state index < -0.39 is 0 Å². The molecule has 0 spiro atoms. The van der Waals surface area contributed by atoms with E-state index in [0.717, 1.165) is 12.0 Å². The highest BCUT2D eigenvalue weighted by Gasteiger charge is 2.12. The molecule has 0 aliphatic heterocycles. The Kier molecular flexibility index (Phi) is 6.43. The molecule has 0 aliphatic carbocycles. The molecule has 2 aromatic rings. The lowest BCUT2D eigenvalue weighted by atomic mass is 10.2. The summed E-state index contributed by atoms with van der Waals surface area (Å²) in [6.07, 6.45) is 0.887. The van der Waals surface area contributed by atoms with E-state index in [1.165, 1.54) is 0 Å². The number of nitrogens with one attached hydrogen (secondary N) is 1. The van der Waals surface area contributed by atoms with Crippen molar-refractivity contribution in [2.45, 2.75) is 20.3 Å². The monoisotopic (exact) mass is 325 g/mol. The number of hydrogen-bond donors (Lipinski definition) is 1. The van der Waals surface area contributed by atoms with Crippen molar-refractivity contribution in [2.24, 2.45) is 0 Å². The van der Waals surface area contributed by atoms with Crippen LogP contribution in [0.4, 0.5) is 5.69 Å². The highest BCUT2D eigenvalue weighted by atomic mass is 16.5. The van der Waals surface area contributed by atoms with Crippen LogP contribution in [0, 0.1) is 0 Å². The van der Waals surface area contributed by atoms with E-state index in [1.807, 2.05) is 44.2 Å². The highest BCUT2D eigenvalue weighted by Crippen LogP contribution is 2.22. The van der Waals surface area contributed by atoms with Gasteiger partial charge in [0.1, 0.15) is 18.1 Å². The van der Waals surface area contributed by atoms with Crippen LogP contribution in [0.25, 0.3) is 0 Å². The third-order valence-electron chi connectivity index (χ3n) is 3.17. The fourth-order valence-electron chi connectivity index (χ4n) is 2.06. The van der Waals surface area contributed by atoms with Gasteiger partial charge in [0.15, 0.2) is 0 Å². The number of rotatable bonds is 8. The molecule has 2 rings (SSSR count). The number of carbonyl (C=O) groups is 1. The highest BCUT2D eigenvalue weighted by molar-refractivity contribution is 6.06. The van der Waals surface area contributed by atoms with Gasteiger partial charge in [0.25, 0.3) is 5.91 Å². The zero-order chi connectivity index (χ0) is 17.4. The molecular weight excluding hydrogens is 302 g/mol. The molecule has 0 radical (unpaired) electrons. The molecule has 0 heterocycles. The van der Waals surface area contributed by atoms with Crippen LogP contribution in [-0.2, 0) is 0 Å². The van der Waals surface area contributed by atoms with Gasteiger partial charge >= 0.3 is 0 Å². The first-order valence-corrected chi connectivity index (χ1v) is 8.00. The summed E-state index contributed by atoms with van der Waals surface area (Å²) < 4.78 is 11.2. The molecule has 0 unspecified atom stereocenters. The maximum absolute atomic E-state index is 12.5. The number of benzene rings is 2. The van der Waals surface area contributed by atoms with Gasteiger partial charge in [-0.3, -0.25) is 4.79 Å². The minimum Gasteiger partial charge on any atom is -0.493 e. The van der Waals surface area contributed by atoms with Gasteiger partial charge in [0, 0.05) is 11.8 Å². The smallest absolute Gasteiger partial charge is 0.259 e. The number of ether oxygens (including phenoxy) is 2. The van der Waals surface area contributed by atoms with E-state index in [-0.39, 0.29) is 5.91 Å². The van der Waals surface area contributed by atoms with Gasteiger partial charge in [0.05, 0.1) is 12.2 Å². The molecule has 4 nitrogen and oxygen atoms in total. The fourth-order valence-corrected chi connectivity index (χ4v) is 2.06. The molecule has 0 fully saturated rings. The average Bonchev–Trinajstić information content (AvgIpc) is 2.58.